The second kappa shape index (κ2) is 7.40. The number of hydrogen-bond donors (Lipinski definition) is 0. The van der Waals surface area contributed by atoms with E-state index in [4.69, 9.17) is 9.47 Å². The average molecular weight is 338 g/mol. The first-order valence-electron chi connectivity index (χ1n) is 8.88. The molecule has 3 rings (SSSR count). The van der Waals surface area contributed by atoms with Crippen LogP contribution in [0.25, 0.3) is 0 Å². The molecule has 3 heteroatoms. The maximum absolute atomic E-state index is 12.1. The third kappa shape index (κ3) is 4.93. The van der Waals surface area contributed by atoms with E-state index in [1.807, 2.05) is 57.2 Å². The lowest BCUT2D eigenvalue weighted by molar-refractivity contribution is -0.157. The van der Waals surface area contributed by atoms with Crippen LogP contribution in [0.4, 0.5) is 0 Å². The summed E-state index contributed by atoms with van der Waals surface area (Å²) in [4.78, 5) is 12.1. The van der Waals surface area contributed by atoms with E-state index in [2.05, 4.69) is 24.3 Å². The van der Waals surface area contributed by atoms with Gasteiger partial charge in [0.15, 0.2) is 0 Å². The van der Waals surface area contributed by atoms with Crippen LogP contribution in [-0.2, 0) is 14.3 Å². The highest BCUT2D eigenvalue weighted by Gasteiger charge is 2.45. The maximum Gasteiger partial charge on any atom is 0.309 e. The Morgan fingerprint density at radius 2 is 1.52 bits per heavy atom. The van der Waals surface area contributed by atoms with Gasteiger partial charge in [-0.2, -0.15) is 0 Å². The quantitative estimate of drug-likeness (QED) is 0.712. The van der Waals surface area contributed by atoms with E-state index in [1.54, 1.807) is 0 Å². The van der Waals surface area contributed by atoms with E-state index in [-0.39, 0.29) is 23.9 Å². The van der Waals surface area contributed by atoms with E-state index in [1.165, 1.54) is 0 Å². The van der Waals surface area contributed by atoms with Crippen molar-refractivity contribution in [3.8, 4) is 0 Å². The van der Waals surface area contributed by atoms with E-state index in [0.29, 0.717) is 6.61 Å². The number of carbonyl (C=O) groups excluding carboxylic acids is 1. The number of rotatable bonds is 6. The molecule has 1 fully saturated rings. The van der Waals surface area contributed by atoms with Gasteiger partial charge in [0, 0.05) is 0 Å². The molecule has 2 atom stereocenters. The molecule has 1 saturated carbocycles. The number of benzene rings is 2. The zero-order chi connectivity index (χ0) is 17.9. The molecular weight excluding hydrogens is 312 g/mol. The summed E-state index contributed by atoms with van der Waals surface area (Å²) in [6, 6.07) is 20.4. The van der Waals surface area contributed by atoms with E-state index < -0.39 is 5.60 Å². The molecule has 2 aromatic carbocycles. The molecule has 0 spiro atoms. The summed E-state index contributed by atoms with van der Waals surface area (Å²) in [5.41, 5.74) is 1.83. The average Bonchev–Trinajstić information content (AvgIpc) is 3.35. The molecule has 1 aliphatic rings. The van der Waals surface area contributed by atoms with Gasteiger partial charge in [0.2, 0.25) is 0 Å². The lowest BCUT2D eigenvalue weighted by Crippen LogP contribution is -2.25. The molecule has 0 aromatic heterocycles. The van der Waals surface area contributed by atoms with Crippen molar-refractivity contribution in [3.05, 3.63) is 71.8 Å². The van der Waals surface area contributed by atoms with Gasteiger partial charge in [-0.25, -0.2) is 0 Å². The summed E-state index contributed by atoms with van der Waals surface area (Å²) in [6.45, 7) is 6.28. The summed E-state index contributed by atoms with van der Waals surface area (Å²) >= 11 is 0. The van der Waals surface area contributed by atoms with Gasteiger partial charge < -0.3 is 9.47 Å². The van der Waals surface area contributed by atoms with Crippen LogP contribution in [0.3, 0.4) is 0 Å². The van der Waals surface area contributed by atoms with Crippen LogP contribution in [-0.4, -0.2) is 18.2 Å². The minimum absolute atomic E-state index is 0.0218. The fourth-order valence-electron chi connectivity index (χ4n) is 2.96. The Labute approximate surface area is 150 Å². The van der Waals surface area contributed by atoms with Crippen LogP contribution < -0.4 is 0 Å². The third-order valence-electron chi connectivity index (χ3n) is 4.31. The highest BCUT2D eigenvalue weighted by Crippen LogP contribution is 2.42. The lowest BCUT2D eigenvalue weighted by Gasteiger charge is -2.20. The smallest absolute Gasteiger partial charge is 0.309 e. The second-order valence-corrected chi connectivity index (χ2v) is 7.67. The van der Waals surface area contributed by atoms with E-state index >= 15 is 0 Å². The third-order valence-corrected chi connectivity index (χ3v) is 4.31. The Morgan fingerprint density at radius 1 is 1.00 bits per heavy atom. The lowest BCUT2D eigenvalue weighted by atomic mass is 10.0. The highest BCUT2D eigenvalue weighted by atomic mass is 16.6. The Morgan fingerprint density at radius 3 is 2.00 bits per heavy atom. The van der Waals surface area contributed by atoms with Crippen LogP contribution in [0.1, 0.15) is 44.4 Å². The zero-order valence-electron chi connectivity index (χ0n) is 15.1. The summed E-state index contributed by atoms with van der Waals surface area (Å²) in [5.74, 6) is 0.133. The molecule has 2 aromatic rings. The summed E-state index contributed by atoms with van der Waals surface area (Å²) < 4.78 is 11.7. The van der Waals surface area contributed by atoms with Crippen molar-refractivity contribution in [1.29, 1.82) is 0 Å². The Bertz CT molecular complexity index is 649. The molecule has 0 heterocycles. The molecule has 0 amide bonds. The maximum atomic E-state index is 12.1. The Hall–Kier alpha value is -2.13. The van der Waals surface area contributed by atoms with Gasteiger partial charge in [0.1, 0.15) is 11.7 Å². The monoisotopic (exact) mass is 338 g/mol. The molecule has 2 unspecified atom stereocenters. The molecule has 1 aliphatic carbocycles. The molecule has 0 saturated heterocycles. The predicted octanol–water partition coefficient (Wildman–Crippen LogP) is 4.77. The molecule has 132 valence electrons. The number of carbonyl (C=O) groups is 1. The summed E-state index contributed by atoms with van der Waals surface area (Å²) in [7, 11) is 0. The number of hydrogen-bond acceptors (Lipinski definition) is 3. The van der Waals surface area contributed by atoms with Gasteiger partial charge in [0.05, 0.1) is 12.5 Å². The summed E-state index contributed by atoms with van der Waals surface area (Å²) in [6.07, 6.45) is 0.743. The molecule has 25 heavy (non-hydrogen) atoms. The highest BCUT2D eigenvalue weighted by molar-refractivity contribution is 5.76. The SMILES string of the molecule is CC(C)(C)OC(=O)C1CC1COC(c1ccccc1)c1ccccc1. The first kappa shape index (κ1) is 17.7. The van der Waals surface area contributed by atoms with Gasteiger partial charge >= 0.3 is 5.97 Å². The second-order valence-electron chi connectivity index (χ2n) is 7.67. The van der Waals surface area contributed by atoms with Crippen molar-refractivity contribution in [2.45, 2.75) is 38.9 Å². The van der Waals surface area contributed by atoms with Crippen molar-refractivity contribution in [1.82, 2.24) is 0 Å². The van der Waals surface area contributed by atoms with E-state index in [9.17, 15) is 4.79 Å². The molecular formula is C22H26O3. The Kier molecular flexibility index (Phi) is 5.24. The van der Waals surface area contributed by atoms with Crippen molar-refractivity contribution in [2.75, 3.05) is 6.61 Å². The molecule has 3 nitrogen and oxygen atoms in total. The van der Waals surface area contributed by atoms with Crippen LogP contribution in [0, 0.1) is 11.8 Å². The van der Waals surface area contributed by atoms with Crippen molar-refractivity contribution in [3.63, 3.8) is 0 Å². The van der Waals surface area contributed by atoms with Crippen LogP contribution in [0.2, 0.25) is 0 Å². The van der Waals surface area contributed by atoms with Gasteiger partial charge in [-0.3, -0.25) is 4.79 Å². The van der Waals surface area contributed by atoms with Crippen molar-refractivity contribution < 1.29 is 14.3 Å². The fourth-order valence-corrected chi connectivity index (χ4v) is 2.96. The van der Waals surface area contributed by atoms with Gasteiger partial charge in [-0.05, 0) is 44.2 Å². The van der Waals surface area contributed by atoms with Crippen LogP contribution in [0.15, 0.2) is 60.7 Å². The van der Waals surface area contributed by atoms with Crippen LogP contribution in [0.5, 0.6) is 0 Å². The topological polar surface area (TPSA) is 35.5 Å². The molecule has 0 N–H and O–H groups in total. The van der Waals surface area contributed by atoms with Gasteiger partial charge in [-0.1, -0.05) is 60.7 Å². The van der Waals surface area contributed by atoms with Crippen molar-refractivity contribution >= 4 is 5.97 Å². The predicted molar refractivity (Wildman–Crippen MR) is 98.1 cm³/mol. The van der Waals surface area contributed by atoms with Crippen molar-refractivity contribution in [2.24, 2.45) is 11.8 Å². The zero-order valence-corrected chi connectivity index (χ0v) is 15.1. The molecule has 0 aliphatic heterocycles. The standard InChI is InChI=1S/C22H26O3/c1-22(2,3)25-21(23)19-14-18(19)15-24-20(16-10-6-4-7-11-16)17-12-8-5-9-13-17/h4-13,18-20H,14-15H2,1-3H3. The number of ether oxygens (including phenoxy) is 2. The first-order valence-corrected chi connectivity index (χ1v) is 8.88. The largest absolute Gasteiger partial charge is 0.460 e. The summed E-state index contributed by atoms with van der Waals surface area (Å²) in [5, 5.41) is 0. The number of esters is 1. The molecule has 0 bridgehead atoms. The van der Waals surface area contributed by atoms with Gasteiger partial charge in [-0.15, -0.1) is 0 Å². The van der Waals surface area contributed by atoms with Crippen LogP contribution >= 0.6 is 0 Å². The normalized spacial score (nSPS) is 19.7. The fraction of sp³-hybridized carbons (Fsp3) is 0.409. The minimum Gasteiger partial charge on any atom is -0.460 e. The molecule has 0 radical (unpaired) electrons. The minimum atomic E-state index is -0.429. The first-order chi connectivity index (χ1) is 11.9. The Balaban J connectivity index is 1.62. The van der Waals surface area contributed by atoms with Gasteiger partial charge in [0.25, 0.3) is 0 Å². The van der Waals surface area contributed by atoms with E-state index in [0.717, 1.165) is 17.5 Å².